The summed E-state index contributed by atoms with van der Waals surface area (Å²) in [6.07, 6.45) is 1.03. The van der Waals surface area contributed by atoms with Gasteiger partial charge in [0.05, 0.1) is 0 Å². The fourth-order valence-electron chi connectivity index (χ4n) is 1.40. The molecule has 0 bridgehead atoms. The third-order valence-corrected chi connectivity index (χ3v) is 2.56. The number of aryl methyl sites for hydroxylation is 1. The van der Waals surface area contributed by atoms with Crippen LogP contribution in [0.15, 0.2) is 24.3 Å². The van der Waals surface area contributed by atoms with Gasteiger partial charge in [0.15, 0.2) is 0 Å². The topological polar surface area (TPSA) is 29.3 Å². The van der Waals surface area contributed by atoms with E-state index < -0.39 is 0 Å². The van der Waals surface area contributed by atoms with E-state index in [4.69, 9.17) is 5.84 Å². The first-order valence-corrected chi connectivity index (χ1v) is 5.17. The van der Waals surface area contributed by atoms with Crippen molar-refractivity contribution in [2.75, 3.05) is 6.54 Å². The van der Waals surface area contributed by atoms with E-state index in [9.17, 15) is 0 Å². The Morgan fingerprint density at radius 1 is 1.29 bits per heavy atom. The summed E-state index contributed by atoms with van der Waals surface area (Å²) in [7, 11) is 0. The Morgan fingerprint density at radius 2 is 1.93 bits per heavy atom. The molecule has 0 aliphatic heterocycles. The number of hydrogen-bond donors (Lipinski definition) is 1. The van der Waals surface area contributed by atoms with Crippen LogP contribution in [0.3, 0.4) is 0 Å². The lowest BCUT2D eigenvalue weighted by Gasteiger charge is -2.20. The highest BCUT2D eigenvalue weighted by Crippen LogP contribution is 2.08. The fraction of sp³-hybridized carbons (Fsp3) is 0.500. The van der Waals surface area contributed by atoms with Gasteiger partial charge in [0.1, 0.15) is 0 Å². The number of nitrogens with zero attached hydrogens (tertiary/aromatic N) is 1. The van der Waals surface area contributed by atoms with Gasteiger partial charge in [-0.1, -0.05) is 24.3 Å². The number of rotatable bonds is 4. The maximum Gasteiger partial charge on any atom is 0.0184 e. The van der Waals surface area contributed by atoms with Crippen LogP contribution in [0.5, 0.6) is 0 Å². The summed E-state index contributed by atoms with van der Waals surface area (Å²) in [5.41, 5.74) is 2.74. The molecule has 0 radical (unpaired) electrons. The molecule has 0 aliphatic carbocycles. The Morgan fingerprint density at radius 3 is 2.50 bits per heavy atom. The number of hydrazine groups is 1. The largest absolute Gasteiger partial charge is 0.269 e. The molecule has 1 aromatic rings. The molecule has 2 N–H and O–H groups in total. The number of benzene rings is 1. The molecule has 0 fully saturated rings. The molecule has 0 aliphatic rings. The molecule has 0 aromatic heterocycles. The highest BCUT2D eigenvalue weighted by molar-refractivity contribution is 5.25. The molecule has 0 unspecified atom stereocenters. The van der Waals surface area contributed by atoms with E-state index >= 15 is 0 Å². The zero-order chi connectivity index (χ0) is 10.6. The SMILES string of the molecule is Cc1ccccc1CCN(N)C(C)C. The maximum absolute atomic E-state index is 5.85. The van der Waals surface area contributed by atoms with Crippen LogP contribution in [0.1, 0.15) is 25.0 Å². The van der Waals surface area contributed by atoms with Crippen LogP contribution in [0.25, 0.3) is 0 Å². The van der Waals surface area contributed by atoms with Gasteiger partial charge in [0, 0.05) is 12.6 Å². The summed E-state index contributed by atoms with van der Waals surface area (Å²) in [5.74, 6) is 5.85. The minimum atomic E-state index is 0.416. The first-order valence-electron chi connectivity index (χ1n) is 5.17. The predicted molar refractivity (Wildman–Crippen MR) is 60.9 cm³/mol. The molecule has 1 rings (SSSR count). The lowest BCUT2D eigenvalue weighted by Crippen LogP contribution is -2.38. The first-order chi connectivity index (χ1) is 6.61. The molecule has 0 atom stereocenters. The second-order valence-electron chi connectivity index (χ2n) is 4.01. The second kappa shape index (κ2) is 5.13. The lowest BCUT2D eigenvalue weighted by atomic mass is 10.1. The van der Waals surface area contributed by atoms with Crippen molar-refractivity contribution >= 4 is 0 Å². The average molecular weight is 192 g/mol. The van der Waals surface area contributed by atoms with Gasteiger partial charge in [-0.25, -0.2) is 5.01 Å². The van der Waals surface area contributed by atoms with E-state index in [0.29, 0.717) is 6.04 Å². The number of nitrogens with two attached hydrogens (primary N) is 1. The summed E-state index contributed by atoms with van der Waals surface area (Å²) < 4.78 is 0. The zero-order valence-electron chi connectivity index (χ0n) is 9.33. The molecule has 0 saturated heterocycles. The van der Waals surface area contributed by atoms with Gasteiger partial charge in [-0.15, -0.1) is 0 Å². The van der Waals surface area contributed by atoms with Crippen molar-refractivity contribution in [3.63, 3.8) is 0 Å². The third-order valence-electron chi connectivity index (χ3n) is 2.56. The van der Waals surface area contributed by atoms with Crippen molar-refractivity contribution in [1.29, 1.82) is 0 Å². The van der Waals surface area contributed by atoms with Crippen LogP contribution >= 0.6 is 0 Å². The van der Waals surface area contributed by atoms with Gasteiger partial charge in [-0.2, -0.15) is 0 Å². The van der Waals surface area contributed by atoms with Crippen molar-refractivity contribution in [1.82, 2.24) is 5.01 Å². The standard InChI is InChI=1S/C12H20N2/c1-10(2)14(13)9-8-12-7-5-4-6-11(12)3/h4-7,10H,8-9,13H2,1-3H3. The molecule has 0 heterocycles. The Kier molecular flexibility index (Phi) is 4.11. The van der Waals surface area contributed by atoms with Crippen LogP contribution in [0.4, 0.5) is 0 Å². The third kappa shape index (κ3) is 3.13. The van der Waals surface area contributed by atoms with E-state index in [2.05, 4.69) is 45.0 Å². The summed E-state index contributed by atoms with van der Waals surface area (Å²) in [4.78, 5) is 0. The van der Waals surface area contributed by atoms with Crippen molar-refractivity contribution < 1.29 is 0 Å². The summed E-state index contributed by atoms with van der Waals surface area (Å²) in [6.45, 7) is 7.28. The van der Waals surface area contributed by atoms with Crippen LogP contribution in [-0.4, -0.2) is 17.6 Å². The van der Waals surface area contributed by atoms with Crippen molar-refractivity contribution in [2.45, 2.75) is 33.2 Å². The van der Waals surface area contributed by atoms with E-state index in [0.717, 1.165) is 13.0 Å². The Labute approximate surface area is 86.7 Å². The van der Waals surface area contributed by atoms with E-state index in [1.807, 2.05) is 5.01 Å². The van der Waals surface area contributed by atoms with Crippen LogP contribution in [0, 0.1) is 6.92 Å². The van der Waals surface area contributed by atoms with Gasteiger partial charge in [0.2, 0.25) is 0 Å². The van der Waals surface area contributed by atoms with Crippen molar-refractivity contribution in [2.24, 2.45) is 5.84 Å². The van der Waals surface area contributed by atoms with Gasteiger partial charge in [0.25, 0.3) is 0 Å². The number of hydrogen-bond acceptors (Lipinski definition) is 2. The van der Waals surface area contributed by atoms with E-state index in [-0.39, 0.29) is 0 Å². The molecule has 14 heavy (non-hydrogen) atoms. The molecule has 2 heteroatoms. The average Bonchev–Trinajstić information content (AvgIpc) is 2.16. The maximum atomic E-state index is 5.85. The summed E-state index contributed by atoms with van der Waals surface area (Å²) >= 11 is 0. The monoisotopic (exact) mass is 192 g/mol. The molecule has 2 nitrogen and oxygen atoms in total. The molecule has 0 spiro atoms. The Bertz CT molecular complexity index is 281. The lowest BCUT2D eigenvalue weighted by molar-refractivity contribution is 0.231. The normalized spacial score (nSPS) is 11.3. The Balaban J connectivity index is 2.50. The molecule has 0 amide bonds. The quantitative estimate of drug-likeness (QED) is 0.585. The van der Waals surface area contributed by atoms with Gasteiger partial charge in [-0.3, -0.25) is 5.84 Å². The highest BCUT2D eigenvalue weighted by Gasteiger charge is 2.04. The van der Waals surface area contributed by atoms with Crippen molar-refractivity contribution in [3.05, 3.63) is 35.4 Å². The van der Waals surface area contributed by atoms with Crippen molar-refractivity contribution in [3.8, 4) is 0 Å². The molecular formula is C12H20N2. The smallest absolute Gasteiger partial charge is 0.0184 e. The minimum absolute atomic E-state index is 0.416. The zero-order valence-corrected chi connectivity index (χ0v) is 9.33. The predicted octanol–water partition coefficient (Wildman–Crippen LogP) is 2.12. The molecule has 0 saturated carbocycles. The van der Waals surface area contributed by atoms with Gasteiger partial charge >= 0.3 is 0 Å². The minimum Gasteiger partial charge on any atom is -0.269 e. The Hall–Kier alpha value is -0.860. The summed E-state index contributed by atoms with van der Waals surface area (Å²) in [6, 6.07) is 8.88. The highest BCUT2D eigenvalue weighted by atomic mass is 15.4. The van der Waals surface area contributed by atoms with Crippen LogP contribution < -0.4 is 5.84 Å². The molecule has 1 aromatic carbocycles. The van der Waals surface area contributed by atoms with E-state index in [1.165, 1.54) is 11.1 Å². The fourth-order valence-corrected chi connectivity index (χ4v) is 1.40. The molecule has 78 valence electrons. The van der Waals surface area contributed by atoms with E-state index in [1.54, 1.807) is 0 Å². The van der Waals surface area contributed by atoms with Gasteiger partial charge in [-0.05, 0) is 38.3 Å². The molecular weight excluding hydrogens is 172 g/mol. The summed E-state index contributed by atoms with van der Waals surface area (Å²) in [5, 5.41) is 1.88. The second-order valence-corrected chi connectivity index (χ2v) is 4.01. The first kappa shape index (κ1) is 11.2. The van der Waals surface area contributed by atoms with Crippen LogP contribution in [0.2, 0.25) is 0 Å². The van der Waals surface area contributed by atoms with Crippen LogP contribution in [-0.2, 0) is 6.42 Å². The van der Waals surface area contributed by atoms with Gasteiger partial charge < -0.3 is 0 Å².